The molecule has 222 valence electrons. The van der Waals surface area contributed by atoms with E-state index >= 15 is 0 Å². The molecule has 0 radical (unpaired) electrons. The average molecular weight is 579 g/mol. The Balaban J connectivity index is 2.23. The molecule has 0 unspecified atom stereocenters. The van der Waals surface area contributed by atoms with E-state index in [1.807, 2.05) is 13.0 Å². The van der Waals surface area contributed by atoms with Crippen molar-refractivity contribution in [1.82, 2.24) is 10.0 Å². The minimum absolute atomic E-state index is 0.0130. The van der Waals surface area contributed by atoms with Crippen LogP contribution in [-0.4, -0.2) is 59.0 Å². The van der Waals surface area contributed by atoms with E-state index in [0.717, 1.165) is 5.56 Å². The Morgan fingerprint density at radius 3 is 2.58 bits per heavy atom. The summed E-state index contributed by atoms with van der Waals surface area (Å²) >= 11 is 0. The molecule has 0 aromatic heterocycles. The zero-order chi connectivity index (χ0) is 29.8. The van der Waals surface area contributed by atoms with Gasteiger partial charge in [-0.05, 0) is 56.5 Å². The summed E-state index contributed by atoms with van der Waals surface area (Å²) in [6.07, 6.45) is 0.714. The van der Waals surface area contributed by atoms with Crippen molar-refractivity contribution in [2.45, 2.75) is 45.2 Å². The molecule has 2 aromatic rings. The Morgan fingerprint density at radius 2 is 1.90 bits per heavy atom. The van der Waals surface area contributed by atoms with Crippen LogP contribution in [0.1, 0.15) is 43.6 Å². The predicted molar refractivity (Wildman–Crippen MR) is 153 cm³/mol. The average Bonchev–Trinajstić information content (AvgIpc) is 2.91. The first-order chi connectivity index (χ1) is 18.9. The zero-order valence-electron chi connectivity index (χ0n) is 23.6. The molecule has 0 bridgehead atoms. The maximum Gasteiger partial charge on any atom is 0.312 e. The molecular formula is C28H42N4O7S. The number of para-hydroxylation sites is 1. The van der Waals surface area contributed by atoms with Gasteiger partial charge in [-0.2, -0.15) is 0 Å². The number of nitrogens with one attached hydrogen (secondary N) is 2. The molecule has 0 saturated heterocycles. The number of carboxylic acids is 1. The second-order valence-electron chi connectivity index (χ2n) is 9.68. The summed E-state index contributed by atoms with van der Waals surface area (Å²) in [6, 6.07) is 11.8. The highest BCUT2D eigenvalue weighted by atomic mass is 32.2. The third kappa shape index (κ3) is 9.49. The van der Waals surface area contributed by atoms with Crippen LogP contribution in [0.25, 0.3) is 0 Å². The van der Waals surface area contributed by atoms with Crippen molar-refractivity contribution in [1.29, 1.82) is 0 Å². The largest absolute Gasteiger partial charge is 0.492 e. The lowest BCUT2D eigenvalue weighted by molar-refractivity contribution is -0.156. The second kappa shape index (κ2) is 15.6. The number of hydrogen-bond donors (Lipinski definition) is 5. The lowest BCUT2D eigenvalue weighted by atomic mass is 9.81. The number of sulfonamides is 1. The predicted octanol–water partition coefficient (Wildman–Crippen LogP) is 2.41. The molecule has 0 spiro atoms. The van der Waals surface area contributed by atoms with Crippen LogP contribution in [0.2, 0.25) is 0 Å². The summed E-state index contributed by atoms with van der Waals surface area (Å²) in [7, 11) is -3.89. The summed E-state index contributed by atoms with van der Waals surface area (Å²) < 4.78 is 45.6. The third-order valence-corrected chi connectivity index (χ3v) is 7.57. The first-order valence-corrected chi connectivity index (χ1v) is 14.5. The number of aryl methyl sites for hydroxylation is 1. The van der Waals surface area contributed by atoms with Crippen LogP contribution in [0.15, 0.2) is 59.3 Å². The Bertz CT molecular complexity index is 1250. The van der Waals surface area contributed by atoms with E-state index in [-0.39, 0.29) is 23.8 Å². The van der Waals surface area contributed by atoms with Crippen LogP contribution in [0.4, 0.5) is 0 Å². The Kier molecular flexibility index (Phi) is 12.9. The van der Waals surface area contributed by atoms with E-state index in [0.29, 0.717) is 49.7 Å². The van der Waals surface area contributed by atoms with Crippen molar-refractivity contribution >= 4 is 16.0 Å². The highest BCUT2D eigenvalue weighted by Gasteiger charge is 2.39. The molecule has 7 N–H and O–H groups in total. The summed E-state index contributed by atoms with van der Waals surface area (Å²) in [5, 5.41) is 13.0. The van der Waals surface area contributed by atoms with Gasteiger partial charge in [-0.25, -0.2) is 13.1 Å². The van der Waals surface area contributed by atoms with Crippen LogP contribution in [0, 0.1) is 12.3 Å². The fraction of sp³-hybridized carbons (Fsp3) is 0.464. The minimum atomic E-state index is -3.89. The van der Waals surface area contributed by atoms with E-state index in [2.05, 4.69) is 10.0 Å². The van der Waals surface area contributed by atoms with E-state index < -0.39 is 27.5 Å². The minimum Gasteiger partial charge on any atom is -0.492 e. The third-order valence-electron chi connectivity index (χ3n) is 6.13. The summed E-state index contributed by atoms with van der Waals surface area (Å²) in [5.41, 5.74) is 12.6. The van der Waals surface area contributed by atoms with Crippen molar-refractivity contribution in [3.05, 3.63) is 71.1 Å². The smallest absolute Gasteiger partial charge is 0.312 e. The van der Waals surface area contributed by atoms with Crippen LogP contribution in [0.3, 0.4) is 0 Å². The number of rotatable bonds is 18. The standard InChI is InChI=1S/C28H42N4O7S/c1-5-38-24-8-6-7-9-25(24)40(35,36)32-17-22-16-21(11-10-20(22)2)26(28(3,4)27(33)34)39-19-23(30)18-31-13-15-37-14-12-29/h6-11,16,18,26,31-32H,5,12-15,17,19,29-30H2,1-4H3,(H,33,34)/b23-18-/t26-/m0/s1. The van der Waals surface area contributed by atoms with Crippen LogP contribution in [-0.2, 0) is 30.8 Å². The normalized spacial score (nSPS) is 13.2. The summed E-state index contributed by atoms with van der Waals surface area (Å²) in [4.78, 5) is 12.2. The van der Waals surface area contributed by atoms with Gasteiger partial charge in [0, 0.05) is 25.8 Å². The molecule has 2 rings (SSSR count). The molecule has 0 saturated carbocycles. The lowest BCUT2D eigenvalue weighted by Crippen LogP contribution is -2.34. The van der Waals surface area contributed by atoms with Crippen molar-refractivity contribution in [3.8, 4) is 5.75 Å². The molecule has 0 heterocycles. The SMILES string of the molecule is CCOc1ccccc1S(=O)(=O)NCc1cc([C@H](OC/C(N)=C/NCCOCCN)C(C)(C)C(=O)O)ccc1C. The first-order valence-electron chi connectivity index (χ1n) is 13.1. The Morgan fingerprint density at radius 1 is 1.18 bits per heavy atom. The van der Waals surface area contributed by atoms with Gasteiger partial charge in [0.2, 0.25) is 10.0 Å². The molecule has 1 atom stereocenters. The molecule has 11 nitrogen and oxygen atoms in total. The van der Waals surface area contributed by atoms with Gasteiger partial charge in [0.05, 0.1) is 43.6 Å². The molecule has 2 aromatic carbocycles. The maximum atomic E-state index is 13.1. The number of carbonyl (C=O) groups is 1. The van der Waals surface area contributed by atoms with Gasteiger partial charge in [0.25, 0.3) is 0 Å². The fourth-order valence-corrected chi connectivity index (χ4v) is 4.97. The van der Waals surface area contributed by atoms with Gasteiger partial charge in [0.1, 0.15) is 10.6 Å². The molecule has 0 aliphatic heterocycles. The first kappa shape index (κ1) is 33.0. The van der Waals surface area contributed by atoms with E-state index in [1.54, 1.807) is 57.3 Å². The number of ether oxygens (including phenoxy) is 3. The molecule has 0 aliphatic carbocycles. The Hall–Kier alpha value is -3.16. The Labute approximate surface area is 236 Å². The van der Waals surface area contributed by atoms with Crippen LogP contribution in [0.5, 0.6) is 5.75 Å². The highest BCUT2D eigenvalue weighted by Crippen LogP contribution is 2.38. The lowest BCUT2D eigenvalue weighted by Gasteiger charge is -2.31. The van der Waals surface area contributed by atoms with Crippen LogP contribution < -0.4 is 26.2 Å². The van der Waals surface area contributed by atoms with Crippen molar-refractivity contribution in [2.24, 2.45) is 16.9 Å². The van der Waals surface area contributed by atoms with Gasteiger partial charge < -0.3 is 36.1 Å². The molecule has 40 heavy (non-hydrogen) atoms. The van der Waals surface area contributed by atoms with E-state index in [1.165, 1.54) is 6.07 Å². The van der Waals surface area contributed by atoms with Crippen molar-refractivity contribution in [3.63, 3.8) is 0 Å². The molecule has 0 fully saturated rings. The number of nitrogens with two attached hydrogens (primary N) is 2. The van der Waals surface area contributed by atoms with Crippen molar-refractivity contribution in [2.75, 3.05) is 39.5 Å². The highest BCUT2D eigenvalue weighted by molar-refractivity contribution is 7.89. The van der Waals surface area contributed by atoms with Gasteiger partial charge in [-0.15, -0.1) is 0 Å². The van der Waals surface area contributed by atoms with Gasteiger partial charge in [0.15, 0.2) is 0 Å². The fourth-order valence-electron chi connectivity index (χ4n) is 3.82. The van der Waals surface area contributed by atoms with Gasteiger partial charge >= 0.3 is 5.97 Å². The van der Waals surface area contributed by atoms with Gasteiger partial charge in [-0.3, -0.25) is 4.79 Å². The maximum absolute atomic E-state index is 13.1. The number of hydrogen-bond acceptors (Lipinski definition) is 9. The van der Waals surface area contributed by atoms with E-state index in [9.17, 15) is 18.3 Å². The summed E-state index contributed by atoms with van der Waals surface area (Å²) in [6.45, 7) is 8.96. The zero-order valence-corrected chi connectivity index (χ0v) is 24.4. The molecule has 0 aliphatic rings. The number of benzene rings is 2. The van der Waals surface area contributed by atoms with Gasteiger partial charge in [-0.1, -0.05) is 30.3 Å². The second-order valence-corrected chi connectivity index (χ2v) is 11.4. The number of aliphatic carboxylic acids is 1. The summed E-state index contributed by atoms with van der Waals surface area (Å²) in [5.74, 6) is -0.784. The van der Waals surface area contributed by atoms with Crippen molar-refractivity contribution < 1.29 is 32.5 Å². The molecule has 12 heteroatoms. The van der Waals surface area contributed by atoms with E-state index in [4.69, 9.17) is 25.7 Å². The monoisotopic (exact) mass is 578 g/mol. The topological polar surface area (TPSA) is 175 Å². The molecular weight excluding hydrogens is 536 g/mol. The van der Waals surface area contributed by atoms with Crippen LogP contribution >= 0.6 is 0 Å². The molecule has 0 amide bonds. The number of carboxylic acid groups (broad SMARTS) is 1. The quantitative estimate of drug-likeness (QED) is 0.165.